The third-order valence-corrected chi connectivity index (χ3v) is 0.666. The summed E-state index contributed by atoms with van der Waals surface area (Å²) < 4.78 is 0. The van der Waals surface area contributed by atoms with Gasteiger partial charge in [-0.25, -0.2) is 9.59 Å². The highest BCUT2D eigenvalue weighted by molar-refractivity contribution is 6.27. The molecule has 7 heteroatoms. The van der Waals surface area contributed by atoms with Crippen molar-refractivity contribution < 1.29 is 30.0 Å². The third-order valence-electron chi connectivity index (χ3n) is 0.666. The summed E-state index contributed by atoms with van der Waals surface area (Å²) >= 11 is 0. The fourth-order valence-corrected chi connectivity index (χ4v) is 0.0745. The van der Waals surface area contributed by atoms with E-state index in [9.17, 15) is 0 Å². The number of rotatable bonds is 2. The Hall–Kier alpha value is -1.18. The zero-order valence-corrected chi connectivity index (χ0v) is 6.17. The lowest BCUT2D eigenvalue weighted by molar-refractivity contribution is -0.159. The molecule has 0 aromatic rings. The number of hydrogen-bond donors (Lipinski definition) is 5. The summed E-state index contributed by atoms with van der Waals surface area (Å²) in [5.74, 6) is -3.65. The molecule has 0 radical (unpaired) electrons. The SMILES string of the molecule is NCC(O)CO.O=C(O)C(=O)O. The van der Waals surface area contributed by atoms with Crippen molar-refractivity contribution in [3.05, 3.63) is 0 Å². The van der Waals surface area contributed by atoms with Gasteiger partial charge < -0.3 is 26.2 Å². The Morgan fingerprint density at radius 1 is 1.25 bits per heavy atom. The maximum atomic E-state index is 9.10. The van der Waals surface area contributed by atoms with Gasteiger partial charge in [0, 0.05) is 6.54 Å². The van der Waals surface area contributed by atoms with Crippen molar-refractivity contribution in [2.75, 3.05) is 13.2 Å². The van der Waals surface area contributed by atoms with Crippen LogP contribution in [0.2, 0.25) is 0 Å². The van der Waals surface area contributed by atoms with Gasteiger partial charge in [-0.2, -0.15) is 0 Å². The van der Waals surface area contributed by atoms with Crippen molar-refractivity contribution >= 4 is 11.9 Å². The summed E-state index contributed by atoms with van der Waals surface area (Å²) in [6, 6.07) is 0. The predicted octanol–water partition coefficient (Wildman–Crippen LogP) is -2.55. The zero-order chi connectivity index (χ0) is 10.1. The van der Waals surface area contributed by atoms with Crippen LogP contribution in [0.5, 0.6) is 0 Å². The molecule has 0 bridgehead atoms. The minimum absolute atomic E-state index is 0.135. The van der Waals surface area contributed by atoms with Gasteiger partial charge in [0.2, 0.25) is 0 Å². The van der Waals surface area contributed by atoms with Crippen LogP contribution in [0.3, 0.4) is 0 Å². The maximum Gasteiger partial charge on any atom is 0.414 e. The molecule has 7 nitrogen and oxygen atoms in total. The standard InChI is InChI=1S/C3H9NO2.C2H2O4/c4-1-3(6)2-5;3-1(4)2(5)6/h3,5-6H,1-2,4H2;(H,3,4)(H,5,6). The van der Waals surface area contributed by atoms with Crippen LogP contribution in [0, 0.1) is 0 Å². The van der Waals surface area contributed by atoms with Gasteiger partial charge in [-0.1, -0.05) is 0 Å². The monoisotopic (exact) mass is 181 g/mol. The Morgan fingerprint density at radius 3 is 1.58 bits per heavy atom. The lowest BCUT2D eigenvalue weighted by Gasteiger charge is -1.97. The summed E-state index contributed by atoms with van der Waals surface area (Å²) in [6.45, 7) is -0.104. The molecule has 6 N–H and O–H groups in total. The minimum atomic E-state index is -1.82. The molecular weight excluding hydrogens is 170 g/mol. The van der Waals surface area contributed by atoms with Crippen LogP contribution in [0.25, 0.3) is 0 Å². The molecular formula is C5H11NO6. The Bertz CT molecular complexity index is 131. The average molecular weight is 181 g/mol. The lowest BCUT2D eigenvalue weighted by Crippen LogP contribution is -2.22. The smallest absolute Gasteiger partial charge is 0.414 e. The molecule has 1 atom stereocenters. The number of nitrogens with two attached hydrogens (primary N) is 1. The van der Waals surface area contributed by atoms with Crippen molar-refractivity contribution in [3.8, 4) is 0 Å². The van der Waals surface area contributed by atoms with Crippen LogP contribution in [-0.2, 0) is 9.59 Å². The fraction of sp³-hybridized carbons (Fsp3) is 0.600. The first-order valence-electron chi connectivity index (χ1n) is 2.90. The maximum absolute atomic E-state index is 9.10. The molecule has 0 aliphatic heterocycles. The van der Waals surface area contributed by atoms with E-state index in [1.54, 1.807) is 0 Å². The van der Waals surface area contributed by atoms with E-state index in [0.29, 0.717) is 0 Å². The quantitative estimate of drug-likeness (QED) is 0.295. The molecule has 1 unspecified atom stereocenters. The number of aliphatic hydroxyl groups excluding tert-OH is 2. The first kappa shape index (κ1) is 13.4. The van der Waals surface area contributed by atoms with Crippen LogP contribution >= 0.6 is 0 Å². The summed E-state index contributed by atoms with van der Waals surface area (Å²) in [4.78, 5) is 18.2. The fourth-order valence-electron chi connectivity index (χ4n) is 0.0745. The van der Waals surface area contributed by atoms with E-state index < -0.39 is 18.0 Å². The number of hydrogen-bond acceptors (Lipinski definition) is 5. The predicted molar refractivity (Wildman–Crippen MR) is 37.4 cm³/mol. The van der Waals surface area contributed by atoms with E-state index in [1.165, 1.54) is 0 Å². The topological polar surface area (TPSA) is 141 Å². The van der Waals surface area contributed by atoms with E-state index >= 15 is 0 Å². The Morgan fingerprint density at radius 2 is 1.58 bits per heavy atom. The van der Waals surface area contributed by atoms with Crippen LogP contribution in [-0.4, -0.2) is 51.6 Å². The van der Waals surface area contributed by atoms with Gasteiger partial charge >= 0.3 is 11.9 Å². The normalized spacial score (nSPS) is 10.9. The summed E-state index contributed by atoms with van der Waals surface area (Å²) in [7, 11) is 0. The highest BCUT2D eigenvalue weighted by Gasteiger charge is 2.04. The summed E-state index contributed by atoms with van der Waals surface area (Å²) in [5, 5.41) is 31.1. The highest BCUT2D eigenvalue weighted by atomic mass is 16.4. The van der Waals surface area contributed by atoms with E-state index in [2.05, 4.69) is 0 Å². The summed E-state index contributed by atoms with van der Waals surface area (Å²) in [5.41, 5.74) is 4.87. The van der Waals surface area contributed by atoms with Crippen LogP contribution in [0.15, 0.2) is 0 Å². The number of aliphatic hydroxyl groups is 2. The van der Waals surface area contributed by atoms with Crippen molar-refractivity contribution in [3.63, 3.8) is 0 Å². The molecule has 0 fully saturated rings. The Labute approximate surface area is 68.0 Å². The van der Waals surface area contributed by atoms with Gasteiger partial charge in [0.15, 0.2) is 0 Å². The van der Waals surface area contributed by atoms with Crippen LogP contribution in [0.1, 0.15) is 0 Å². The molecule has 0 saturated carbocycles. The average Bonchev–Trinajstić information content (AvgIpc) is 2.04. The molecule has 0 aliphatic carbocycles. The van der Waals surface area contributed by atoms with Gasteiger partial charge in [0.1, 0.15) is 0 Å². The third kappa shape index (κ3) is 11.6. The molecule has 0 aliphatic rings. The van der Waals surface area contributed by atoms with Gasteiger partial charge in [-0.15, -0.1) is 0 Å². The first-order chi connectivity index (χ1) is 5.45. The van der Waals surface area contributed by atoms with Crippen molar-refractivity contribution in [2.45, 2.75) is 6.10 Å². The lowest BCUT2D eigenvalue weighted by atomic mass is 10.4. The minimum Gasteiger partial charge on any atom is -0.473 e. The van der Waals surface area contributed by atoms with E-state index in [-0.39, 0.29) is 13.2 Å². The van der Waals surface area contributed by atoms with Crippen molar-refractivity contribution in [2.24, 2.45) is 5.73 Å². The first-order valence-corrected chi connectivity index (χ1v) is 2.90. The molecule has 0 aromatic carbocycles. The number of carbonyl (C=O) groups is 2. The zero-order valence-electron chi connectivity index (χ0n) is 6.17. The number of carboxylic acids is 2. The van der Waals surface area contributed by atoms with Crippen molar-refractivity contribution in [1.82, 2.24) is 0 Å². The van der Waals surface area contributed by atoms with Gasteiger partial charge in [-0.05, 0) is 0 Å². The number of carboxylic acid groups (broad SMARTS) is 2. The molecule has 0 saturated heterocycles. The molecule has 0 rings (SSSR count). The molecule has 0 amide bonds. The molecule has 0 heterocycles. The molecule has 12 heavy (non-hydrogen) atoms. The molecule has 72 valence electrons. The van der Waals surface area contributed by atoms with E-state index in [1.807, 2.05) is 0 Å². The largest absolute Gasteiger partial charge is 0.473 e. The van der Waals surface area contributed by atoms with E-state index in [4.69, 9.17) is 35.7 Å². The summed E-state index contributed by atoms with van der Waals surface area (Å²) in [6.07, 6.45) is -0.731. The second-order valence-electron chi connectivity index (χ2n) is 1.68. The number of aliphatic carboxylic acids is 2. The highest BCUT2D eigenvalue weighted by Crippen LogP contribution is 1.69. The second-order valence-corrected chi connectivity index (χ2v) is 1.68. The molecule has 0 aromatic heterocycles. The van der Waals surface area contributed by atoms with E-state index in [0.717, 1.165) is 0 Å². The Balaban J connectivity index is 0. The van der Waals surface area contributed by atoms with Crippen LogP contribution < -0.4 is 5.73 Å². The van der Waals surface area contributed by atoms with Gasteiger partial charge in [0.05, 0.1) is 12.7 Å². The Kier molecular flexibility index (Phi) is 8.85. The van der Waals surface area contributed by atoms with Crippen molar-refractivity contribution in [1.29, 1.82) is 0 Å². The molecule has 0 spiro atoms. The van der Waals surface area contributed by atoms with Crippen LogP contribution in [0.4, 0.5) is 0 Å². The second kappa shape index (κ2) is 7.92. The van der Waals surface area contributed by atoms with Gasteiger partial charge in [0.25, 0.3) is 0 Å². The van der Waals surface area contributed by atoms with Gasteiger partial charge in [-0.3, -0.25) is 0 Å².